The Morgan fingerprint density at radius 2 is 2.45 bits per heavy atom. The Balaban J connectivity index is 1.59. The first kappa shape index (κ1) is 15.0. The van der Waals surface area contributed by atoms with Crippen LogP contribution in [-0.2, 0) is 6.42 Å². The Hall–Kier alpha value is -1.95. The van der Waals surface area contributed by atoms with Crippen molar-refractivity contribution in [3.05, 3.63) is 23.5 Å². The third kappa shape index (κ3) is 3.27. The highest BCUT2D eigenvalue weighted by Gasteiger charge is 2.15. The van der Waals surface area contributed by atoms with E-state index in [2.05, 4.69) is 20.8 Å². The minimum Gasteiger partial charge on any atom is -0.352 e. The minimum atomic E-state index is -0.0820. The average Bonchev–Trinajstić information content (AvgIpc) is 2.98. The molecule has 2 aromatic rings. The van der Waals surface area contributed by atoms with E-state index < -0.39 is 0 Å². The molecule has 1 saturated heterocycles. The van der Waals surface area contributed by atoms with Gasteiger partial charge in [-0.3, -0.25) is 4.79 Å². The van der Waals surface area contributed by atoms with E-state index in [0.29, 0.717) is 23.7 Å². The van der Waals surface area contributed by atoms with Gasteiger partial charge in [-0.05, 0) is 50.8 Å². The van der Waals surface area contributed by atoms with Crippen LogP contribution in [-0.4, -0.2) is 35.7 Å². The van der Waals surface area contributed by atoms with Gasteiger partial charge < -0.3 is 15.2 Å². The lowest BCUT2D eigenvalue weighted by molar-refractivity contribution is 0.0950. The number of amides is 1. The lowest BCUT2D eigenvalue weighted by Gasteiger charge is -2.22. The lowest BCUT2D eigenvalue weighted by atomic mass is 9.96. The molecule has 1 amide bonds. The molecule has 6 heteroatoms. The maximum Gasteiger partial charge on any atom is 0.257 e. The van der Waals surface area contributed by atoms with Gasteiger partial charge in [0, 0.05) is 12.7 Å². The van der Waals surface area contributed by atoms with E-state index >= 15 is 0 Å². The van der Waals surface area contributed by atoms with Crippen molar-refractivity contribution in [2.24, 2.45) is 5.92 Å². The summed E-state index contributed by atoms with van der Waals surface area (Å²) in [6.45, 7) is 4.88. The molecule has 0 spiro atoms. The highest BCUT2D eigenvalue weighted by atomic mass is 16.5. The normalized spacial score (nSPS) is 18.5. The number of fused-ring (bicyclic) bond motifs is 1. The predicted molar refractivity (Wildman–Crippen MR) is 83.7 cm³/mol. The molecule has 1 aliphatic heterocycles. The fraction of sp³-hybridized carbons (Fsp3) is 0.562. The van der Waals surface area contributed by atoms with Gasteiger partial charge in [-0.25, -0.2) is 4.98 Å². The van der Waals surface area contributed by atoms with Crippen molar-refractivity contribution in [1.82, 2.24) is 20.8 Å². The Morgan fingerprint density at radius 3 is 3.23 bits per heavy atom. The zero-order chi connectivity index (χ0) is 15.4. The zero-order valence-electron chi connectivity index (χ0n) is 12.9. The number of rotatable bonds is 5. The number of carbonyl (C=O) groups excluding carboxylic acids is 1. The summed E-state index contributed by atoms with van der Waals surface area (Å²) in [5.74, 6) is 0.584. The van der Waals surface area contributed by atoms with Gasteiger partial charge in [-0.2, -0.15) is 0 Å². The molecule has 3 rings (SSSR count). The minimum absolute atomic E-state index is 0.0820. The third-order valence-corrected chi connectivity index (χ3v) is 4.24. The second kappa shape index (κ2) is 6.87. The molecule has 0 aliphatic carbocycles. The summed E-state index contributed by atoms with van der Waals surface area (Å²) in [7, 11) is 0. The third-order valence-electron chi connectivity index (χ3n) is 4.24. The van der Waals surface area contributed by atoms with Gasteiger partial charge in [0.15, 0.2) is 0 Å². The molecule has 0 saturated carbocycles. The number of hydrogen-bond donors (Lipinski definition) is 2. The first-order chi connectivity index (χ1) is 10.8. The molecule has 6 nitrogen and oxygen atoms in total. The topological polar surface area (TPSA) is 80.0 Å². The molecule has 1 atom stereocenters. The van der Waals surface area contributed by atoms with Gasteiger partial charge in [-0.1, -0.05) is 12.1 Å². The lowest BCUT2D eigenvalue weighted by Crippen LogP contribution is -2.33. The van der Waals surface area contributed by atoms with Crippen LogP contribution in [0.3, 0.4) is 0 Å². The van der Waals surface area contributed by atoms with E-state index in [1.54, 1.807) is 6.20 Å². The largest absolute Gasteiger partial charge is 0.352 e. The summed E-state index contributed by atoms with van der Waals surface area (Å²) in [4.78, 5) is 16.4. The highest BCUT2D eigenvalue weighted by molar-refractivity contribution is 5.96. The van der Waals surface area contributed by atoms with E-state index in [0.717, 1.165) is 37.0 Å². The number of nitrogens with one attached hydrogen (secondary N) is 2. The molecular weight excluding hydrogens is 280 g/mol. The standard InChI is InChI=1S/C16H22N4O2/c1-2-14-13-8-12(10-19-16(13)22-20-14)15(21)18-7-5-11-4-3-6-17-9-11/h8,10-11,17H,2-7,9H2,1H3,(H,18,21). The highest BCUT2D eigenvalue weighted by Crippen LogP contribution is 2.18. The molecule has 22 heavy (non-hydrogen) atoms. The van der Waals surface area contributed by atoms with E-state index in [-0.39, 0.29) is 5.91 Å². The summed E-state index contributed by atoms with van der Waals surface area (Å²) in [6, 6.07) is 1.81. The number of piperidine rings is 1. The van der Waals surface area contributed by atoms with E-state index in [1.807, 2.05) is 13.0 Å². The molecule has 0 bridgehead atoms. The molecule has 118 valence electrons. The summed E-state index contributed by atoms with van der Waals surface area (Å²) in [5.41, 5.74) is 1.89. The zero-order valence-corrected chi connectivity index (χ0v) is 12.9. The van der Waals surface area contributed by atoms with Crippen LogP contribution in [0.4, 0.5) is 0 Å². The van der Waals surface area contributed by atoms with Crippen LogP contribution in [0.5, 0.6) is 0 Å². The van der Waals surface area contributed by atoms with Gasteiger partial charge in [0.1, 0.15) is 0 Å². The summed E-state index contributed by atoms with van der Waals surface area (Å²) in [6.07, 6.45) is 5.80. The smallest absolute Gasteiger partial charge is 0.257 e. The van der Waals surface area contributed by atoms with Crippen LogP contribution < -0.4 is 10.6 Å². The Morgan fingerprint density at radius 1 is 1.55 bits per heavy atom. The van der Waals surface area contributed by atoms with Crippen molar-refractivity contribution in [1.29, 1.82) is 0 Å². The summed E-state index contributed by atoms with van der Waals surface area (Å²) in [5, 5.41) is 11.2. The van der Waals surface area contributed by atoms with Crippen molar-refractivity contribution in [2.75, 3.05) is 19.6 Å². The van der Waals surface area contributed by atoms with Crippen molar-refractivity contribution in [3.63, 3.8) is 0 Å². The van der Waals surface area contributed by atoms with E-state index in [1.165, 1.54) is 12.8 Å². The molecule has 0 radical (unpaired) electrons. The van der Waals surface area contributed by atoms with Gasteiger partial charge >= 0.3 is 0 Å². The van der Waals surface area contributed by atoms with Crippen molar-refractivity contribution in [2.45, 2.75) is 32.6 Å². The van der Waals surface area contributed by atoms with Crippen LogP contribution in [0.1, 0.15) is 42.2 Å². The monoisotopic (exact) mass is 302 g/mol. The number of pyridine rings is 1. The second-order valence-corrected chi connectivity index (χ2v) is 5.82. The van der Waals surface area contributed by atoms with Gasteiger partial charge in [0.2, 0.25) is 0 Å². The molecule has 2 aromatic heterocycles. The predicted octanol–water partition coefficient (Wildman–Crippen LogP) is 1.90. The number of nitrogens with zero attached hydrogens (tertiary/aromatic N) is 2. The van der Waals surface area contributed by atoms with Crippen molar-refractivity contribution >= 4 is 17.0 Å². The Bertz CT molecular complexity index is 647. The van der Waals surface area contributed by atoms with Crippen molar-refractivity contribution < 1.29 is 9.32 Å². The first-order valence-corrected chi connectivity index (χ1v) is 8.01. The fourth-order valence-electron chi connectivity index (χ4n) is 2.92. The first-order valence-electron chi connectivity index (χ1n) is 8.01. The Kier molecular flexibility index (Phi) is 4.68. The van der Waals surface area contributed by atoms with Gasteiger partial charge in [0.05, 0.1) is 16.6 Å². The maximum atomic E-state index is 12.2. The molecule has 1 fully saturated rings. The molecule has 3 heterocycles. The van der Waals surface area contributed by atoms with E-state index in [4.69, 9.17) is 4.52 Å². The molecule has 1 aliphatic rings. The average molecular weight is 302 g/mol. The number of carbonyl (C=O) groups is 1. The molecular formula is C16H22N4O2. The number of hydrogen-bond acceptors (Lipinski definition) is 5. The maximum absolute atomic E-state index is 12.2. The van der Waals surface area contributed by atoms with Crippen LogP contribution >= 0.6 is 0 Å². The van der Waals surface area contributed by atoms with Crippen LogP contribution in [0.2, 0.25) is 0 Å². The van der Waals surface area contributed by atoms with E-state index in [9.17, 15) is 4.79 Å². The second-order valence-electron chi connectivity index (χ2n) is 5.82. The summed E-state index contributed by atoms with van der Waals surface area (Å²) >= 11 is 0. The molecule has 2 N–H and O–H groups in total. The quantitative estimate of drug-likeness (QED) is 0.882. The fourth-order valence-corrected chi connectivity index (χ4v) is 2.92. The van der Waals surface area contributed by atoms with Gasteiger partial charge in [-0.15, -0.1) is 0 Å². The summed E-state index contributed by atoms with van der Waals surface area (Å²) < 4.78 is 5.14. The number of aryl methyl sites for hydroxylation is 1. The van der Waals surface area contributed by atoms with Crippen LogP contribution in [0.25, 0.3) is 11.1 Å². The van der Waals surface area contributed by atoms with Gasteiger partial charge in [0.25, 0.3) is 11.6 Å². The SMILES string of the molecule is CCc1noc2ncc(C(=O)NCCC3CCCNC3)cc12. The molecule has 0 aromatic carbocycles. The number of aromatic nitrogens is 2. The Labute approximate surface area is 129 Å². The van der Waals surface area contributed by atoms with Crippen molar-refractivity contribution in [3.8, 4) is 0 Å². The molecule has 1 unspecified atom stereocenters. The van der Waals surface area contributed by atoms with Crippen LogP contribution in [0.15, 0.2) is 16.8 Å². The van der Waals surface area contributed by atoms with Crippen LogP contribution in [0, 0.1) is 5.92 Å².